The maximum atomic E-state index is 10.8. The molecule has 2 atom stereocenters. The van der Waals surface area contributed by atoms with Crippen LogP contribution in [0.25, 0.3) is 0 Å². The molecule has 1 rings (SSSR count). The molecule has 0 aromatic carbocycles. The van der Waals surface area contributed by atoms with Gasteiger partial charge >= 0.3 is 18.0 Å². The first kappa shape index (κ1) is 11.3. The van der Waals surface area contributed by atoms with Gasteiger partial charge in [-0.1, -0.05) is 0 Å². The molecule has 1 amide bonds. The van der Waals surface area contributed by atoms with Crippen molar-refractivity contribution in [2.75, 3.05) is 13.1 Å². The van der Waals surface area contributed by atoms with E-state index in [-0.39, 0.29) is 19.5 Å². The number of nitrogens with zero attached hydrogens (tertiary/aromatic N) is 1. The Kier molecular flexibility index (Phi) is 3.13. The zero-order chi connectivity index (χ0) is 11.6. The van der Waals surface area contributed by atoms with E-state index in [1.165, 1.54) is 0 Å². The summed E-state index contributed by atoms with van der Waals surface area (Å²) >= 11 is 0. The van der Waals surface area contributed by atoms with Crippen LogP contribution < -0.4 is 0 Å². The normalized spacial score (nSPS) is 26.0. The highest BCUT2D eigenvalue weighted by Gasteiger charge is 2.39. The lowest BCUT2D eigenvalue weighted by Crippen LogP contribution is -2.48. The van der Waals surface area contributed by atoms with E-state index < -0.39 is 29.9 Å². The SMILES string of the molecule is O=C(O)[C@H]1CCN(C(=O)O)C[C@@H]1C(=O)O. The molecule has 1 heterocycles. The maximum Gasteiger partial charge on any atom is 0.407 e. The molecule has 0 saturated carbocycles. The second kappa shape index (κ2) is 4.16. The summed E-state index contributed by atoms with van der Waals surface area (Å²) in [7, 11) is 0. The van der Waals surface area contributed by atoms with Crippen LogP contribution in [-0.4, -0.2) is 51.3 Å². The van der Waals surface area contributed by atoms with Gasteiger partial charge in [0.15, 0.2) is 0 Å². The molecule has 1 fully saturated rings. The van der Waals surface area contributed by atoms with Crippen molar-refractivity contribution in [1.82, 2.24) is 4.90 Å². The number of carboxylic acids is 2. The minimum atomic E-state index is -1.27. The molecule has 0 aliphatic carbocycles. The van der Waals surface area contributed by atoms with Crippen LogP contribution in [0.1, 0.15) is 6.42 Å². The van der Waals surface area contributed by atoms with Crippen molar-refractivity contribution in [2.45, 2.75) is 6.42 Å². The third-order valence-electron chi connectivity index (χ3n) is 2.52. The lowest BCUT2D eigenvalue weighted by atomic mass is 9.86. The third kappa shape index (κ3) is 2.36. The molecule has 1 saturated heterocycles. The van der Waals surface area contributed by atoms with Gasteiger partial charge < -0.3 is 20.2 Å². The molecule has 7 heteroatoms. The molecule has 7 nitrogen and oxygen atoms in total. The topological polar surface area (TPSA) is 115 Å². The molecule has 1 aliphatic heterocycles. The van der Waals surface area contributed by atoms with Gasteiger partial charge in [-0.15, -0.1) is 0 Å². The van der Waals surface area contributed by atoms with Crippen molar-refractivity contribution >= 4 is 18.0 Å². The highest BCUT2D eigenvalue weighted by Crippen LogP contribution is 2.24. The molecule has 0 aromatic heterocycles. The largest absolute Gasteiger partial charge is 0.481 e. The summed E-state index contributed by atoms with van der Waals surface area (Å²) in [6, 6.07) is 0. The Morgan fingerprint density at radius 3 is 1.93 bits per heavy atom. The van der Waals surface area contributed by atoms with Gasteiger partial charge in [0.05, 0.1) is 11.8 Å². The van der Waals surface area contributed by atoms with Gasteiger partial charge in [-0.3, -0.25) is 9.59 Å². The number of piperidine rings is 1. The van der Waals surface area contributed by atoms with Gasteiger partial charge in [0, 0.05) is 13.1 Å². The number of likely N-dealkylation sites (tertiary alicyclic amines) is 1. The lowest BCUT2D eigenvalue weighted by Gasteiger charge is -2.32. The van der Waals surface area contributed by atoms with Crippen molar-refractivity contribution in [3.8, 4) is 0 Å². The van der Waals surface area contributed by atoms with Crippen LogP contribution in [0.15, 0.2) is 0 Å². The van der Waals surface area contributed by atoms with E-state index in [0.29, 0.717) is 0 Å². The summed E-state index contributed by atoms with van der Waals surface area (Å²) in [6.45, 7) is -0.197. The molecule has 0 radical (unpaired) electrons. The summed E-state index contributed by atoms with van der Waals surface area (Å²) in [5.41, 5.74) is 0. The number of hydrogen-bond acceptors (Lipinski definition) is 3. The van der Waals surface area contributed by atoms with E-state index in [2.05, 4.69) is 0 Å². The van der Waals surface area contributed by atoms with Gasteiger partial charge in [-0.25, -0.2) is 4.79 Å². The van der Waals surface area contributed by atoms with Gasteiger partial charge in [-0.2, -0.15) is 0 Å². The quantitative estimate of drug-likeness (QED) is 0.588. The molecular formula is C8H11NO6. The second-order valence-corrected chi connectivity index (χ2v) is 3.41. The number of carbonyl (C=O) groups is 3. The number of aliphatic carboxylic acids is 2. The van der Waals surface area contributed by atoms with E-state index in [0.717, 1.165) is 4.90 Å². The number of carboxylic acid groups (broad SMARTS) is 3. The smallest absolute Gasteiger partial charge is 0.407 e. The molecule has 3 N–H and O–H groups in total. The average Bonchev–Trinajstić information content (AvgIpc) is 2.16. The monoisotopic (exact) mass is 217 g/mol. The summed E-state index contributed by atoms with van der Waals surface area (Å²) in [5.74, 6) is -4.62. The maximum absolute atomic E-state index is 10.8. The van der Waals surface area contributed by atoms with Crippen LogP contribution in [0.3, 0.4) is 0 Å². The van der Waals surface area contributed by atoms with Gasteiger partial charge in [0.2, 0.25) is 0 Å². The van der Waals surface area contributed by atoms with Crippen molar-refractivity contribution in [1.29, 1.82) is 0 Å². The fraction of sp³-hybridized carbons (Fsp3) is 0.625. The molecule has 0 aromatic rings. The van der Waals surface area contributed by atoms with E-state index in [9.17, 15) is 14.4 Å². The minimum absolute atomic E-state index is 0.0403. The number of hydrogen-bond donors (Lipinski definition) is 3. The Labute approximate surface area is 84.9 Å². The van der Waals surface area contributed by atoms with Gasteiger partial charge in [-0.05, 0) is 6.42 Å². The fourth-order valence-corrected chi connectivity index (χ4v) is 1.67. The summed E-state index contributed by atoms with van der Waals surface area (Å²) < 4.78 is 0. The van der Waals surface area contributed by atoms with E-state index >= 15 is 0 Å². The van der Waals surface area contributed by atoms with E-state index in [4.69, 9.17) is 15.3 Å². The van der Waals surface area contributed by atoms with E-state index in [1.807, 2.05) is 0 Å². The Bertz CT molecular complexity index is 302. The first-order chi connectivity index (χ1) is 6.93. The zero-order valence-corrected chi connectivity index (χ0v) is 7.79. The number of rotatable bonds is 2. The van der Waals surface area contributed by atoms with Crippen LogP contribution in [0.5, 0.6) is 0 Å². The molecule has 1 aliphatic rings. The average molecular weight is 217 g/mol. The summed E-state index contributed by atoms with van der Waals surface area (Å²) in [5, 5.41) is 26.2. The molecule has 0 spiro atoms. The lowest BCUT2D eigenvalue weighted by molar-refractivity contribution is -0.156. The van der Waals surface area contributed by atoms with Crippen LogP contribution in [-0.2, 0) is 9.59 Å². The predicted molar refractivity (Wildman–Crippen MR) is 46.5 cm³/mol. The predicted octanol–water partition coefficient (Wildman–Crippen LogP) is -0.228. The molecule has 0 bridgehead atoms. The van der Waals surface area contributed by atoms with Crippen molar-refractivity contribution in [2.24, 2.45) is 11.8 Å². The van der Waals surface area contributed by atoms with Gasteiger partial charge in [0.25, 0.3) is 0 Å². The second-order valence-electron chi connectivity index (χ2n) is 3.41. The molecule has 0 unspecified atom stereocenters. The molecular weight excluding hydrogens is 206 g/mol. The summed E-state index contributed by atoms with van der Waals surface area (Å²) in [6.07, 6.45) is -1.18. The van der Waals surface area contributed by atoms with Crippen molar-refractivity contribution in [3.63, 3.8) is 0 Å². The highest BCUT2D eigenvalue weighted by atomic mass is 16.4. The Morgan fingerprint density at radius 1 is 1.00 bits per heavy atom. The highest BCUT2D eigenvalue weighted by molar-refractivity contribution is 5.81. The Morgan fingerprint density at radius 2 is 1.53 bits per heavy atom. The van der Waals surface area contributed by atoms with Crippen LogP contribution >= 0.6 is 0 Å². The Balaban J connectivity index is 2.78. The molecule has 15 heavy (non-hydrogen) atoms. The van der Waals surface area contributed by atoms with E-state index in [1.54, 1.807) is 0 Å². The first-order valence-corrected chi connectivity index (χ1v) is 4.37. The summed E-state index contributed by atoms with van der Waals surface area (Å²) in [4.78, 5) is 33.0. The van der Waals surface area contributed by atoms with Crippen LogP contribution in [0.2, 0.25) is 0 Å². The van der Waals surface area contributed by atoms with Crippen molar-refractivity contribution in [3.05, 3.63) is 0 Å². The Hall–Kier alpha value is -1.79. The standard InChI is InChI=1S/C8H11NO6/c10-6(11)4-1-2-9(8(14)15)3-5(4)7(12)13/h4-5H,1-3H2,(H,10,11)(H,12,13)(H,14,15)/t4-,5-/m0/s1. The van der Waals surface area contributed by atoms with Crippen LogP contribution in [0, 0.1) is 11.8 Å². The minimum Gasteiger partial charge on any atom is -0.481 e. The zero-order valence-electron chi connectivity index (χ0n) is 7.79. The van der Waals surface area contributed by atoms with Gasteiger partial charge in [0.1, 0.15) is 0 Å². The number of amides is 1. The first-order valence-electron chi connectivity index (χ1n) is 4.37. The molecule has 84 valence electrons. The third-order valence-corrected chi connectivity index (χ3v) is 2.52. The fourth-order valence-electron chi connectivity index (χ4n) is 1.67. The van der Waals surface area contributed by atoms with Crippen LogP contribution in [0.4, 0.5) is 4.79 Å². The van der Waals surface area contributed by atoms with Crippen molar-refractivity contribution < 1.29 is 29.7 Å².